The van der Waals surface area contributed by atoms with Crippen LogP contribution in [0.4, 0.5) is 29.3 Å². The maximum atomic E-state index is 13.6. The van der Waals surface area contributed by atoms with Crippen LogP contribution in [0.5, 0.6) is 5.75 Å². The van der Waals surface area contributed by atoms with Crippen LogP contribution in [0.2, 0.25) is 0 Å². The summed E-state index contributed by atoms with van der Waals surface area (Å²) in [6.45, 7) is 3.68. The van der Waals surface area contributed by atoms with Crippen LogP contribution in [0.25, 0.3) is 10.9 Å². The van der Waals surface area contributed by atoms with Gasteiger partial charge in [0.05, 0.1) is 37.6 Å². The molecule has 3 N–H and O–H groups in total. The second-order valence-electron chi connectivity index (χ2n) is 12.6. The Morgan fingerprint density at radius 1 is 1.06 bits per heavy atom. The lowest BCUT2D eigenvalue weighted by atomic mass is 10.0. The van der Waals surface area contributed by atoms with Gasteiger partial charge in [0, 0.05) is 60.6 Å². The van der Waals surface area contributed by atoms with Gasteiger partial charge < -0.3 is 34.8 Å². The fourth-order valence-electron chi connectivity index (χ4n) is 5.98. The van der Waals surface area contributed by atoms with Crippen LogP contribution in [0.3, 0.4) is 0 Å². The molecule has 0 bridgehead atoms. The number of alkyl halides is 3. The molecule has 0 saturated carbocycles. The lowest BCUT2D eigenvalue weighted by Crippen LogP contribution is -2.48. The van der Waals surface area contributed by atoms with Crippen LogP contribution in [0, 0.1) is 5.92 Å². The van der Waals surface area contributed by atoms with E-state index in [9.17, 15) is 32.7 Å². The van der Waals surface area contributed by atoms with Crippen LogP contribution in [-0.2, 0) is 35.7 Å². The number of para-hydroxylation sites is 1. The third-order valence-corrected chi connectivity index (χ3v) is 8.79. The number of aromatic nitrogens is 1. The van der Waals surface area contributed by atoms with Gasteiger partial charge in [-0.25, -0.2) is 4.79 Å². The van der Waals surface area contributed by atoms with Crippen molar-refractivity contribution in [1.29, 1.82) is 0 Å². The summed E-state index contributed by atoms with van der Waals surface area (Å²) in [6, 6.07) is 16.0. The topological polar surface area (TPSA) is 116 Å². The molecule has 2 heterocycles. The molecule has 13 heteroatoms. The van der Waals surface area contributed by atoms with E-state index in [0.717, 1.165) is 28.6 Å². The second-order valence-corrected chi connectivity index (χ2v) is 12.6. The van der Waals surface area contributed by atoms with Gasteiger partial charge in [0.25, 0.3) is 0 Å². The third kappa shape index (κ3) is 8.34. The molecule has 5 rings (SSSR count). The quantitative estimate of drug-likeness (QED) is 0.221. The van der Waals surface area contributed by atoms with Crippen molar-refractivity contribution < 1.29 is 37.4 Å². The highest BCUT2D eigenvalue weighted by Crippen LogP contribution is 2.31. The predicted octanol–water partition coefficient (Wildman–Crippen LogP) is 5.69. The number of urea groups is 1. The fraction of sp³-hybridized carbons (Fsp3) is 0.361. The Morgan fingerprint density at radius 3 is 2.45 bits per heavy atom. The third-order valence-electron chi connectivity index (χ3n) is 8.79. The summed E-state index contributed by atoms with van der Waals surface area (Å²) in [5.74, 6) is -0.349. The molecule has 3 atom stereocenters. The first-order chi connectivity index (χ1) is 23.2. The van der Waals surface area contributed by atoms with Gasteiger partial charge in [0.15, 0.2) is 0 Å². The number of amides is 4. The number of benzene rings is 3. The predicted molar refractivity (Wildman–Crippen MR) is 180 cm³/mol. The highest BCUT2D eigenvalue weighted by molar-refractivity contribution is 5.96. The van der Waals surface area contributed by atoms with Crippen molar-refractivity contribution in [2.45, 2.75) is 45.0 Å². The van der Waals surface area contributed by atoms with Crippen molar-refractivity contribution in [2.24, 2.45) is 13.0 Å². The zero-order chi connectivity index (χ0) is 35.5. The lowest BCUT2D eigenvalue weighted by Gasteiger charge is -2.34. The van der Waals surface area contributed by atoms with Crippen molar-refractivity contribution in [1.82, 2.24) is 14.4 Å². The highest BCUT2D eigenvalue weighted by atomic mass is 19.4. The monoisotopic (exact) mass is 679 g/mol. The Balaban J connectivity index is 1.34. The lowest BCUT2D eigenvalue weighted by molar-refractivity contribution is -0.137. The van der Waals surface area contributed by atoms with E-state index in [-0.39, 0.29) is 56.0 Å². The average Bonchev–Trinajstić information content (AvgIpc) is 3.39. The second kappa shape index (κ2) is 14.6. The highest BCUT2D eigenvalue weighted by Gasteiger charge is 2.33. The first-order valence-corrected chi connectivity index (χ1v) is 16.0. The van der Waals surface area contributed by atoms with E-state index in [0.29, 0.717) is 17.0 Å². The van der Waals surface area contributed by atoms with E-state index in [1.54, 1.807) is 30.0 Å². The Hall–Kier alpha value is -5.04. The maximum Gasteiger partial charge on any atom is 0.416 e. The standard InChI is InChI=1S/C36H40F3N5O5/c1-22-18-44(23(2)21-45)34(47)17-24-15-28(40-33(46)16-25-19-42(3)30-8-6-5-7-29(25)30)13-14-31(24)49-32(22)20-43(4)35(48)41-27-11-9-26(10-12-27)36(37,38)39/h5-15,19,22-23,32,45H,16-18,20-21H2,1-4H3,(H,40,46)(H,41,48)/t22-,23-,32-/m0/s1. The minimum Gasteiger partial charge on any atom is -0.488 e. The molecule has 4 aromatic rings. The molecule has 0 aliphatic carbocycles. The number of rotatable bonds is 8. The summed E-state index contributed by atoms with van der Waals surface area (Å²) in [6.07, 6.45) is -3.08. The molecule has 0 spiro atoms. The van der Waals surface area contributed by atoms with Crippen molar-refractivity contribution in [3.63, 3.8) is 0 Å². The first kappa shape index (κ1) is 35.3. The van der Waals surface area contributed by atoms with Crippen molar-refractivity contribution in [3.05, 3.63) is 89.6 Å². The van der Waals surface area contributed by atoms with Crippen LogP contribution < -0.4 is 15.4 Å². The number of aliphatic hydroxyl groups is 1. The number of anilines is 2. The molecule has 260 valence electrons. The van der Waals surface area contributed by atoms with Gasteiger partial charge in [-0.2, -0.15) is 13.2 Å². The van der Waals surface area contributed by atoms with E-state index >= 15 is 0 Å². The van der Waals surface area contributed by atoms with Gasteiger partial charge in [0.1, 0.15) is 11.9 Å². The molecule has 3 aromatic carbocycles. The van der Waals surface area contributed by atoms with Crippen LogP contribution in [0.15, 0.2) is 72.9 Å². The Bertz CT molecular complexity index is 1820. The van der Waals surface area contributed by atoms with Crippen LogP contribution in [-0.4, -0.2) is 76.2 Å². The molecular formula is C36H40F3N5O5. The number of carbonyl (C=O) groups is 3. The molecule has 0 saturated heterocycles. The van der Waals surface area contributed by atoms with Crippen molar-refractivity contribution in [2.75, 3.05) is 37.4 Å². The SMILES string of the molecule is C[C@H]1CN([C@@H](C)CO)C(=O)Cc2cc(NC(=O)Cc3cn(C)c4ccccc34)ccc2O[C@H]1CN(C)C(=O)Nc1ccc(C(F)(F)F)cc1. The fourth-order valence-corrected chi connectivity index (χ4v) is 5.98. The zero-order valence-corrected chi connectivity index (χ0v) is 27.8. The van der Waals surface area contributed by atoms with Crippen LogP contribution in [0.1, 0.15) is 30.5 Å². The minimum atomic E-state index is -4.49. The van der Waals surface area contributed by atoms with Crippen molar-refractivity contribution >= 4 is 40.1 Å². The largest absolute Gasteiger partial charge is 0.488 e. The maximum absolute atomic E-state index is 13.6. The van der Waals surface area contributed by atoms with Crippen molar-refractivity contribution in [3.8, 4) is 5.75 Å². The Kier molecular flexibility index (Phi) is 10.5. The van der Waals surface area contributed by atoms with E-state index in [2.05, 4.69) is 10.6 Å². The molecule has 0 unspecified atom stereocenters. The minimum absolute atomic E-state index is 0.0452. The van der Waals surface area contributed by atoms with E-state index in [1.807, 2.05) is 49.0 Å². The van der Waals surface area contributed by atoms with E-state index in [1.165, 1.54) is 24.1 Å². The number of nitrogens with one attached hydrogen (secondary N) is 2. The first-order valence-electron chi connectivity index (χ1n) is 16.0. The summed E-state index contributed by atoms with van der Waals surface area (Å²) >= 11 is 0. The number of hydrogen-bond donors (Lipinski definition) is 3. The van der Waals surface area contributed by atoms with Gasteiger partial charge in [-0.05, 0) is 61.0 Å². The number of aryl methyl sites for hydroxylation is 1. The van der Waals surface area contributed by atoms with Gasteiger partial charge in [-0.15, -0.1) is 0 Å². The van der Waals surface area contributed by atoms with Gasteiger partial charge in [-0.1, -0.05) is 25.1 Å². The number of aliphatic hydroxyl groups excluding tert-OH is 1. The molecule has 10 nitrogen and oxygen atoms in total. The van der Waals surface area contributed by atoms with Gasteiger partial charge >= 0.3 is 12.2 Å². The number of nitrogens with zero attached hydrogens (tertiary/aromatic N) is 3. The summed E-state index contributed by atoms with van der Waals surface area (Å²) in [7, 11) is 3.47. The molecule has 49 heavy (non-hydrogen) atoms. The molecule has 0 radical (unpaired) electrons. The number of halogens is 3. The Labute approximate surface area is 282 Å². The molecule has 0 fully saturated rings. The average molecular weight is 680 g/mol. The van der Waals surface area contributed by atoms with E-state index < -0.39 is 29.9 Å². The summed E-state index contributed by atoms with van der Waals surface area (Å²) < 4.78 is 47.3. The smallest absolute Gasteiger partial charge is 0.416 e. The number of likely N-dealkylation sites (N-methyl/N-ethyl adjacent to an activating group) is 1. The van der Waals surface area contributed by atoms with E-state index in [4.69, 9.17) is 4.74 Å². The number of ether oxygens (including phenoxy) is 1. The van der Waals surface area contributed by atoms with Crippen LogP contribution >= 0.6 is 0 Å². The van der Waals surface area contributed by atoms with Gasteiger partial charge in [-0.3, -0.25) is 9.59 Å². The molecule has 1 aliphatic heterocycles. The number of fused-ring (bicyclic) bond motifs is 2. The molecular weight excluding hydrogens is 639 g/mol. The molecule has 1 aliphatic rings. The number of carbonyl (C=O) groups excluding carboxylic acids is 3. The summed E-state index contributed by atoms with van der Waals surface area (Å²) in [5, 5.41) is 16.5. The zero-order valence-electron chi connectivity index (χ0n) is 27.8. The number of hydrogen-bond acceptors (Lipinski definition) is 5. The molecule has 4 amide bonds. The molecule has 1 aromatic heterocycles. The van der Waals surface area contributed by atoms with Gasteiger partial charge in [0.2, 0.25) is 11.8 Å². The Morgan fingerprint density at radius 2 is 1.76 bits per heavy atom. The summed E-state index contributed by atoms with van der Waals surface area (Å²) in [5.41, 5.74) is 2.29. The normalized spacial score (nSPS) is 17.3. The summed E-state index contributed by atoms with van der Waals surface area (Å²) in [4.78, 5) is 42.7.